The average molecular weight is 358 g/mol. The molecule has 0 aliphatic carbocycles. The highest BCUT2D eigenvalue weighted by molar-refractivity contribution is 5.95. The highest BCUT2D eigenvalue weighted by Crippen LogP contribution is 2.23. The largest absolute Gasteiger partial charge is 0.342 e. The molecule has 0 unspecified atom stereocenters. The minimum absolute atomic E-state index is 0.0318. The van der Waals surface area contributed by atoms with Gasteiger partial charge in [0.2, 0.25) is 11.8 Å². The first kappa shape index (κ1) is 18.6. The van der Waals surface area contributed by atoms with Crippen LogP contribution in [0.4, 0.5) is 4.39 Å². The van der Waals surface area contributed by atoms with Crippen molar-refractivity contribution in [1.29, 1.82) is 0 Å². The second-order valence-corrected chi connectivity index (χ2v) is 7.32. The van der Waals surface area contributed by atoms with Crippen molar-refractivity contribution in [1.82, 2.24) is 9.80 Å². The smallest absolute Gasteiger partial charge is 0.246 e. The molecule has 0 atom stereocenters. The Kier molecular flexibility index (Phi) is 6.07. The number of hydrogen-bond acceptors (Lipinski definition) is 2. The maximum Gasteiger partial charge on any atom is 0.246 e. The monoisotopic (exact) mass is 358 g/mol. The topological polar surface area (TPSA) is 40.6 Å². The number of piperidine rings is 2. The molecule has 26 heavy (non-hydrogen) atoms. The minimum atomic E-state index is -0.284. The Hall–Kier alpha value is -2.17. The van der Waals surface area contributed by atoms with Crippen molar-refractivity contribution in [3.63, 3.8) is 0 Å². The van der Waals surface area contributed by atoms with Gasteiger partial charge in [0.05, 0.1) is 0 Å². The Morgan fingerprint density at radius 1 is 0.962 bits per heavy atom. The Labute approximate surface area is 154 Å². The third-order valence-electron chi connectivity index (χ3n) is 5.46. The molecule has 2 amide bonds. The van der Waals surface area contributed by atoms with Gasteiger partial charge in [-0.1, -0.05) is 12.1 Å². The fourth-order valence-electron chi connectivity index (χ4n) is 3.79. The fourth-order valence-corrected chi connectivity index (χ4v) is 3.79. The molecule has 4 nitrogen and oxygen atoms in total. The Balaban J connectivity index is 1.53. The first-order chi connectivity index (χ1) is 12.5. The quantitative estimate of drug-likeness (QED) is 0.776. The molecule has 2 fully saturated rings. The third kappa shape index (κ3) is 4.51. The van der Waals surface area contributed by atoms with Crippen molar-refractivity contribution in [2.45, 2.75) is 39.0 Å². The van der Waals surface area contributed by atoms with Crippen molar-refractivity contribution >= 4 is 17.4 Å². The Bertz CT molecular complexity index is 670. The average Bonchev–Trinajstić information content (AvgIpc) is 2.68. The predicted octanol–water partition coefficient (Wildman–Crippen LogP) is 3.48. The molecule has 2 aliphatic heterocycles. The van der Waals surface area contributed by atoms with Crippen LogP contribution in [0.15, 0.2) is 30.3 Å². The number of hydrogen-bond donors (Lipinski definition) is 0. The van der Waals surface area contributed by atoms with Crippen LogP contribution in [0.3, 0.4) is 0 Å². The fraction of sp³-hybridized carbons (Fsp3) is 0.524. The lowest BCUT2D eigenvalue weighted by atomic mass is 9.94. The van der Waals surface area contributed by atoms with Crippen molar-refractivity contribution in [2.75, 3.05) is 26.2 Å². The molecule has 2 aliphatic rings. The zero-order chi connectivity index (χ0) is 18.5. The molecule has 0 aromatic heterocycles. The summed E-state index contributed by atoms with van der Waals surface area (Å²) in [5.74, 6) is 0.0122. The van der Waals surface area contributed by atoms with Gasteiger partial charge >= 0.3 is 0 Å². The number of carbonyl (C=O) groups is 2. The Morgan fingerprint density at radius 3 is 2.19 bits per heavy atom. The lowest BCUT2D eigenvalue weighted by molar-refractivity contribution is -0.140. The van der Waals surface area contributed by atoms with E-state index in [0.29, 0.717) is 13.1 Å². The first-order valence-corrected chi connectivity index (χ1v) is 9.56. The number of benzene rings is 1. The van der Waals surface area contributed by atoms with Gasteiger partial charge in [-0.25, -0.2) is 4.39 Å². The molecule has 0 spiro atoms. The zero-order valence-corrected chi connectivity index (χ0v) is 15.4. The molecule has 0 N–H and O–H groups in total. The third-order valence-corrected chi connectivity index (χ3v) is 5.46. The number of nitrogens with zero attached hydrogens (tertiary/aromatic N) is 2. The van der Waals surface area contributed by atoms with E-state index in [9.17, 15) is 14.0 Å². The van der Waals surface area contributed by atoms with Crippen LogP contribution in [-0.4, -0.2) is 47.8 Å². The van der Waals surface area contributed by atoms with Crippen molar-refractivity contribution < 1.29 is 14.0 Å². The van der Waals surface area contributed by atoms with Crippen LogP contribution in [-0.2, 0) is 9.59 Å². The zero-order valence-electron chi connectivity index (χ0n) is 15.4. The van der Waals surface area contributed by atoms with Gasteiger partial charge in [-0.2, -0.15) is 0 Å². The summed E-state index contributed by atoms with van der Waals surface area (Å²) in [6.45, 7) is 4.87. The highest BCUT2D eigenvalue weighted by atomic mass is 19.1. The van der Waals surface area contributed by atoms with E-state index in [-0.39, 0.29) is 23.5 Å². The lowest BCUT2D eigenvalue weighted by Crippen LogP contribution is -2.45. The molecule has 1 aromatic carbocycles. The lowest BCUT2D eigenvalue weighted by Gasteiger charge is -2.35. The van der Waals surface area contributed by atoms with Gasteiger partial charge in [-0.3, -0.25) is 9.59 Å². The van der Waals surface area contributed by atoms with E-state index in [0.717, 1.165) is 49.9 Å². The van der Waals surface area contributed by atoms with Gasteiger partial charge in [0.15, 0.2) is 0 Å². The van der Waals surface area contributed by atoms with E-state index in [4.69, 9.17) is 0 Å². The van der Waals surface area contributed by atoms with Crippen LogP contribution in [0.5, 0.6) is 0 Å². The number of likely N-dealkylation sites (tertiary alicyclic amines) is 2. The molecule has 1 aromatic rings. The molecular formula is C21H27FN2O2. The maximum atomic E-state index is 13.0. The molecule has 3 rings (SSSR count). The van der Waals surface area contributed by atoms with E-state index in [1.165, 1.54) is 18.6 Å². The van der Waals surface area contributed by atoms with Crippen LogP contribution in [0.2, 0.25) is 0 Å². The van der Waals surface area contributed by atoms with Gasteiger partial charge in [0.1, 0.15) is 5.82 Å². The molecule has 2 saturated heterocycles. The van der Waals surface area contributed by atoms with Crippen LogP contribution >= 0.6 is 0 Å². The van der Waals surface area contributed by atoms with Crippen LogP contribution in [0, 0.1) is 11.7 Å². The number of rotatable bonds is 3. The van der Waals surface area contributed by atoms with E-state index >= 15 is 0 Å². The molecule has 140 valence electrons. The minimum Gasteiger partial charge on any atom is -0.342 e. The summed E-state index contributed by atoms with van der Waals surface area (Å²) in [6.07, 6.45) is 6.53. The molecular weight excluding hydrogens is 331 g/mol. The second kappa shape index (κ2) is 8.47. The molecule has 5 heteroatoms. The van der Waals surface area contributed by atoms with Crippen molar-refractivity contribution in [2.24, 2.45) is 5.92 Å². The second-order valence-electron chi connectivity index (χ2n) is 7.32. The van der Waals surface area contributed by atoms with Crippen molar-refractivity contribution in [3.05, 3.63) is 41.7 Å². The number of halogens is 1. The van der Waals surface area contributed by atoms with E-state index < -0.39 is 0 Å². The summed E-state index contributed by atoms with van der Waals surface area (Å²) in [7, 11) is 0. The van der Waals surface area contributed by atoms with Gasteiger partial charge in [-0.05, 0) is 62.3 Å². The standard InChI is InChI=1S/C21H27FN2O2/c1-16(17-5-7-19(22)8-6-17)15-20(25)23-13-9-18(10-14-23)21(26)24-11-3-2-4-12-24/h5-8,15,18H,2-4,9-14H2,1H3/b16-15+. The normalized spacial score (nSPS) is 19.5. The molecule has 2 heterocycles. The SMILES string of the molecule is C/C(=C\C(=O)N1CCC(C(=O)N2CCCCC2)CC1)c1ccc(F)cc1. The molecule has 0 saturated carbocycles. The summed E-state index contributed by atoms with van der Waals surface area (Å²) in [4.78, 5) is 28.9. The maximum absolute atomic E-state index is 13.0. The summed E-state index contributed by atoms with van der Waals surface area (Å²) >= 11 is 0. The predicted molar refractivity (Wildman–Crippen MR) is 99.8 cm³/mol. The molecule has 0 radical (unpaired) electrons. The summed E-state index contributed by atoms with van der Waals surface area (Å²) < 4.78 is 13.0. The van der Waals surface area contributed by atoms with E-state index in [2.05, 4.69) is 0 Å². The summed E-state index contributed by atoms with van der Waals surface area (Å²) in [5, 5.41) is 0. The van der Waals surface area contributed by atoms with Crippen molar-refractivity contribution in [3.8, 4) is 0 Å². The first-order valence-electron chi connectivity index (χ1n) is 9.56. The summed E-state index contributed by atoms with van der Waals surface area (Å²) in [6, 6.07) is 6.15. The number of carbonyl (C=O) groups excluding carboxylic acids is 2. The Morgan fingerprint density at radius 2 is 1.58 bits per heavy atom. The van der Waals surface area contributed by atoms with Crippen LogP contribution in [0.1, 0.15) is 44.6 Å². The molecule has 0 bridgehead atoms. The van der Waals surface area contributed by atoms with Gasteiger partial charge in [-0.15, -0.1) is 0 Å². The van der Waals surface area contributed by atoms with E-state index in [1.807, 2.05) is 16.7 Å². The van der Waals surface area contributed by atoms with Gasteiger partial charge < -0.3 is 9.80 Å². The van der Waals surface area contributed by atoms with Crippen LogP contribution in [0.25, 0.3) is 5.57 Å². The highest BCUT2D eigenvalue weighted by Gasteiger charge is 2.30. The van der Waals surface area contributed by atoms with Gasteiger partial charge in [0.25, 0.3) is 0 Å². The van der Waals surface area contributed by atoms with Crippen LogP contribution < -0.4 is 0 Å². The summed E-state index contributed by atoms with van der Waals surface area (Å²) in [5.41, 5.74) is 1.66. The number of amides is 2. The van der Waals surface area contributed by atoms with E-state index in [1.54, 1.807) is 18.2 Å². The van der Waals surface area contributed by atoms with Gasteiger partial charge in [0, 0.05) is 38.2 Å². The number of allylic oxidation sites excluding steroid dienone is 1.